The highest BCUT2D eigenvalue weighted by Gasteiger charge is 2.11. The van der Waals surface area contributed by atoms with Gasteiger partial charge in [-0.2, -0.15) is 0 Å². The summed E-state index contributed by atoms with van der Waals surface area (Å²) in [6.07, 6.45) is 0.882. The van der Waals surface area contributed by atoms with Crippen molar-refractivity contribution in [1.82, 2.24) is 0 Å². The van der Waals surface area contributed by atoms with Crippen molar-refractivity contribution in [2.75, 3.05) is 13.2 Å². The number of ether oxygens (including phenoxy) is 1. The second kappa shape index (κ2) is 7.32. The van der Waals surface area contributed by atoms with E-state index in [1.54, 1.807) is 0 Å². The zero-order chi connectivity index (χ0) is 14.4. The molecule has 0 radical (unpaired) electrons. The van der Waals surface area contributed by atoms with Crippen LogP contribution in [0.25, 0.3) is 0 Å². The summed E-state index contributed by atoms with van der Waals surface area (Å²) in [4.78, 5) is 0. The van der Waals surface area contributed by atoms with Crippen LogP contribution in [-0.2, 0) is 6.42 Å². The summed E-state index contributed by atoms with van der Waals surface area (Å²) in [5.41, 5.74) is 8.35. The number of hydrogen-bond acceptors (Lipinski definition) is 2. The van der Waals surface area contributed by atoms with Crippen LogP contribution in [0.1, 0.15) is 24.0 Å². The van der Waals surface area contributed by atoms with Gasteiger partial charge in [0.2, 0.25) is 0 Å². The fourth-order valence-electron chi connectivity index (χ4n) is 2.31. The van der Waals surface area contributed by atoms with Gasteiger partial charge in [-0.15, -0.1) is 0 Å². The Balaban J connectivity index is 2.17. The average Bonchev–Trinajstić information content (AvgIpc) is 2.45. The van der Waals surface area contributed by atoms with E-state index in [4.69, 9.17) is 22.1 Å². The molecule has 0 fully saturated rings. The summed E-state index contributed by atoms with van der Waals surface area (Å²) in [6.45, 7) is 3.26. The number of nitrogens with two attached hydrogens (primary N) is 1. The van der Waals surface area contributed by atoms with Crippen LogP contribution in [0.15, 0.2) is 48.5 Å². The largest absolute Gasteiger partial charge is 0.494 e. The van der Waals surface area contributed by atoms with Crippen molar-refractivity contribution < 1.29 is 4.74 Å². The third-order valence-corrected chi connectivity index (χ3v) is 3.53. The molecule has 2 rings (SSSR count). The van der Waals surface area contributed by atoms with Gasteiger partial charge in [0.15, 0.2) is 0 Å². The second-order valence-electron chi connectivity index (χ2n) is 4.77. The molecule has 2 N–H and O–H groups in total. The standard InChI is InChI=1S/C17H20ClNO/c1-2-20-17-8-4-6-14(11-17)15(12-19)9-13-5-3-7-16(18)10-13/h3-8,10-11,15H,2,9,12,19H2,1H3. The Hall–Kier alpha value is -1.51. The molecule has 2 aromatic carbocycles. The zero-order valence-corrected chi connectivity index (χ0v) is 12.4. The fraction of sp³-hybridized carbons (Fsp3) is 0.294. The molecule has 0 aliphatic carbocycles. The highest BCUT2D eigenvalue weighted by atomic mass is 35.5. The van der Waals surface area contributed by atoms with E-state index in [2.05, 4.69) is 18.2 Å². The molecule has 0 aliphatic heterocycles. The molecule has 1 unspecified atom stereocenters. The minimum absolute atomic E-state index is 0.272. The monoisotopic (exact) mass is 289 g/mol. The molecule has 106 valence electrons. The summed E-state index contributed by atoms with van der Waals surface area (Å²) >= 11 is 6.03. The number of rotatable bonds is 6. The Labute approximate surface area is 125 Å². The van der Waals surface area contributed by atoms with Crippen molar-refractivity contribution in [2.24, 2.45) is 5.73 Å². The van der Waals surface area contributed by atoms with Gasteiger partial charge in [-0.1, -0.05) is 35.9 Å². The van der Waals surface area contributed by atoms with E-state index in [1.807, 2.05) is 37.3 Å². The maximum atomic E-state index is 6.03. The molecule has 2 aromatic rings. The molecule has 1 atom stereocenters. The summed E-state index contributed by atoms with van der Waals surface area (Å²) < 4.78 is 5.55. The van der Waals surface area contributed by atoms with Crippen molar-refractivity contribution in [3.63, 3.8) is 0 Å². The van der Waals surface area contributed by atoms with Gasteiger partial charge in [0, 0.05) is 10.9 Å². The molecule has 3 heteroatoms. The third kappa shape index (κ3) is 3.99. The van der Waals surface area contributed by atoms with E-state index in [1.165, 1.54) is 11.1 Å². The van der Waals surface area contributed by atoms with Gasteiger partial charge in [0.1, 0.15) is 5.75 Å². The maximum absolute atomic E-state index is 6.03. The van der Waals surface area contributed by atoms with Crippen LogP contribution in [-0.4, -0.2) is 13.2 Å². The van der Waals surface area contributed by atoms with Crippen LogP contribution in [0.4, 0.5) is 0 Å². The Morgan fingerprint density at radius 2 is 1.95 bits per heavy atom. The van der Waals surface area contributed by atoms with Crippen LogP contribution in [0, 0.1) is 0 Å². The van der Waals surface area contributed by atoms with Crippen LogP contribution in [0.3, 0.4) is 0 Å². The van der Waals surface area contributed by atoms with E-state index in [9.17, 15) is 0 Å². The zero-order valence-electron chi connectivity index (χ0n) is 11.7. The molecule has 0 aliphatic rings. The van der Waals surface area contributed by atoms with E-state index in [0.29, 0.717) is 13.2 Å². The molecular weight excluding hydrogens is 270 g/mol. The van der Waals surface area contributed by atoms with Crippen molar-refractivity contribution in [3.05, 3.63) is 64.7 Å². The van der Waals surface area contributed by atoms with Crippen LogP contribution < -0.4 is 10.5 Å². The van der Waals surface area contributed by atoms with Crippen molar-refractivity contribution in [1.29, 1.82) is 0 Å². The Morgan fingerprint density at radius 3 is 2.65 bits per heavy atom. The van der Waals surface area contributed by atoms with Crippen LogP contribution >= 0.6 is 11.6 Å². The van der Waals surface area contributed by atoms with Crippen molar-refractivity contribution in [3.8, 4) is 5.75 Å². The summed E-state index contributed by atoms with van der Waals surface area (Å²) in [7, 11) is 0. The smallest absolute Gasteiger partial charge is 0.119 e. The first kappa shape index (κ1) is 14.9. The number of halogens is 1. The summed E-state index contributed by atoms with van der Waals surface area (Å²) in [5, 5.41) is 0.765. The predicted octanol–water partition coefficient (Wildman–Crippen LogP) is 4.02. The third-order valence-electron chi connectivity index (χ3n) is 3.30. The number of benzene rings is 2. The minimum Gasteiger partial charge on any atom is -0.494 e. The SMILES string of the molecule is CCOc1cccc(C(CN)Cc2cccc(Cl)c2)c1. The Morgan fingerprint density at radius 1 is 1.15 bits per heavy atom. The van der Waals surface area contributed by atoms with E-state index < -0.39 is 0 Å². The first-order valence-electron chi connectivity index (χ1n) is 6.90. The lowest BCUT2D eigenvalue weighted by Gasteiger charge is -2.16. The Kier molecular flexibility index (Phi) is 5.45. The number of hydrogen-bond donors (Lipinski definition) is 1. The molecule has 0 heterocycles. The normalized spacial score (nSPS) is 12.2. The average molecular weight is 290 g/mol. The van der Waals surface area contributed by atoms with E-state index >= 15 is 0 Å². The maximum Gasteiger partial charge on any atom is 0.119 e. The van der Waals surface area contributed by atoms with Gasteiger partial charge < -0.3 is 10.5 Å². The van der Waals surface area contributed by atoms with Gasteiger partial charge in [-0.3, -0.25) is 0 Å². The molecule has 0 saturated heterocycles. The summed E-state index contributed by atoms with van der Waals surface area (Å²) in [6, 6.07) is 16.1. The van der Waals surface area contributed by atoms with E-state index in [0.717, 1.165) is 17.2 Å². The molecule has 0 bridgehead atoms. The fourth-order valence-corrected chi connectivity index (χ4v) is 2.52. The first-order chi connectivity index (χ1) is 9.72. The molecular formula is C17H20ClNO. The lowest BCUT2D eigenvalue weighted by molar-refractivity contribution is 0.339. The highest BCUT2D eigenvalue weighted by Crippen LogP contribution is 2.24. The molecule has 0 amide bonds. The lowest BCUT2D eigenvalue weighted by atomic mass is 9.92. The molecule has 2 nitrogen and oxygen atoms in total. The van der Waals surface area contributed by atoms with Crippen molar-refractivity contribution >= 4 is 11.6 Å². The molecule has 0 spiro atoms. The topological polar surface area (TPSA) is 35.2 Å². The molecule has 0 saturated carbocycles. The van der Waals surface area contributed by atoms with Gasteiger partial charge in [0.25, 0.3) is 0 Å². The van der Waals surface area contributed by atoms with Gasteiger partial charge in [0.05, 0.1) is 6.61 Å². The van der Waals surface area contributed by atoms with Gasteiger partial charge in [-0.25, -0.2) is 0 Å². The van der Waals surface area contributed by atoms with Crippen molar-refractivity contribution in [2.45, 2.75) is 19.3 Å². The van der Waals surface area contributed by atoms with Crippen LogP contribution in [0.2, 0.25) is 5.02 Å². The quantitative estimate of drug-likeness (QED) is 0.871. The lowest BCUT2D eigenvalue weighted by Crippen LogP contribution is -2.15. The van der Waals surface area contributed by atoms with Gasteiger partial charge in [-0.05, 0) is 55.3 Å². The molecule has 0 aromatic heterocycles. The first-order valence-corrected chi connectivity index (χ1v) is 7.28. The summed E-state index contributed by atoms with van der Waals surface area (Å²) in [5.74, 6) is 1.17. The second-order valence-corrected chi connectivity index (χ2v) is 5.21. The highest BCUT2D eigenvalue weighted by molar-refractivity contribution is 6.30. The van der Waals surface area contributed by atoms with Gasteiger partial charge >= 0.3 is 0 Å². The van der Waals surface area contributed by atoms with Crippen LogP contribution in [0.5, 0.6) is 5.75 Å². The Bertz CT molecular complexity index is 556. The molecule has 20 heavy (non-hydrogen) atoms. The predicted molar refractivity (Wildman–Crippen MR) is 84.6 cm³/mol. The van der Waals surface area contributed by atoms with E-state index in [-0.39, 0.29) is 5.92 Å². The minimum atomic E-state index is 0.272.